The Morgan fingerprint density at radius 1 is 1.50 bits per heavy atom. The van der Waals surface area contributed by atoms with Crippen LogP contribution in [0.4, 0.5) is 0 Å². The lowest BCUT2D eigenvalue weighted by Crippen LogP contribution is -1.96. The van der Waals surface area contributed by atoms with Crippen molar-refractivity contribution >= 4 is 17.0 Å². The molecule has 1 aromatic heterocycles. The van der Waals surface area contributed by atoms with Crippen molar-refractivity contribution in [1.82, 2.24) is 0 Å². The summed E-state index contributed by atoms with van der Waals surface area (Å²) < 4.78 is 0. The first-order chi connectivity index (χ1) is 5.77. The highest BCUT2D eigenvalue weighted by Crippen LogP contribution is 2.31. The molecule has 0 aliphatic heterocycles. The topological polar surface area (TPSA) is 26.0 Å². The van der Waals surface area contributed by atoms with E-state index in [-0.39, 0.29) is 1.43 Å². The molecule has 1 nitrogen and oxygen atoms in total. The number of rotatable bonds is 1. The summed E-state index contributed by atoms with van der Waals surface area (Å²) in [5, 5.41) is 0. The highest BCUT2D eigenvalue weighted by molar-refractivity contribution is 7.13. The molecular formula is C10H15NS. The predicted octanol–water partition coefficient (Wildman–Crippen LogP) is 2.80. The molecular weight excluding hydrogens is 166 g/mol. The van der Waals surface area contributed by atoms with E-state index < -0.39 is 0 Å². The molecule has 0 unspecified atom stereocenters. The minimum absolute atomic E-state index is 0. The van der Waals surface area contributed by atoms with Gasteiger partial charge in [-0.3, -0.25) is 0 Å². The zero-order valence-corrected chi connectivity index (χ0v) is 7.91. The summed E-state index contributed by atoms with van der Waals surface area (Å²) in [4.78, 5) is 2.70. The second-order valence-electron chi connectivity index (χ2n) is 3.29. The molecule has 0 radical (unpaired) electrons. The summed E-state index contributed by atoms with van der Waals surface area (Å²) in [6.45, 7) is 3.76. The molecule has 1 aliphatic carbocycles. The fourth-order valence-corrected chi connectivity index (χ4v) is 2.79. The van der Waals surface area contributed by atoms with E-state index in [1.165, 1.54) is 41.0 Å². The molecule has 1 aromatic rings. The van der Waals surface area contributed by atoms with Crippen molar-refractivity contribution in [3.63, 3.8) is 0 Å². The molecule has 1 heterocycles. The van der Waals surface area contributed by atoms with E-state index in [1.54, 1.807) is 0 Å². The van der Waals surface area contributed by atoms with E-state index >= 15 is 0 Å². The Balaban J connectivity index is 0.000000845. The fourth-order valence-electron chi connectivity index (χ4n) is 1.65. The van der Waals surface area contributed by atoms with Crippen LogP contribution in [0.1, 0.15) is 29.6 Å². The van der Waals surface area contributed by atoms with Crippen molar-refractivity contribution in [2.45, 2.75) is 25.7 Å². The van der Waals surface area contributed by atoms with Crippen LogP contribution in [0.2, 0.25) is 0 Å². The number of hydrogen-bond acceptors (Lipinski definition) is 2. The molecule has 2 rings (SSSR count). The molecule has 66 valence electrons. The molecule has 0 saturated heterocycles. The van der Waals surface area contributed by atoms with Crippen LogP contribution in [-0.2, 0) is 12.8 Å². The Bertz CT molecular complexity index is 293. The van der Waals surface area contributed by atoms with E-state index in [1.807, 2.05) is 11.3 Å². The zero-order chi connectivity index (χ0) is 8.55. The Morgan fingerprint density at radius 2 is 2.25 bits per heavy atom. The SMILES string of the molecule is C=C(N)c1cc2c(s1)CCCC2.[HH]. The molecule has 1 aliphatic rings. The first-order valence-corrected chi connectivity index (χ1v) is 5.15. The third-order valence-corrected chi connectivity index (χ3v) is 3.63. The maximum atomic E-state index is 5.64. The zero-order valence-electron chi connectivity index (χ0n) is 7.10. The van der Waals surface area contributed by atoms with Crippen molar-refractivity contribution in [3.05, 3.63) is 28.0 Å². The lowest BCUT2D eigenvalue weighted by Gasteiger charge is -2.08. The maximum Gasteiger partial charge on any atom is 0.0499 e. The van der Waals surface area contributed by atoms with Gasteiger partial charge in [0.25, 0.3) is 0 Å². The van der Waals surface area contributed by atoms with Gasteiger partial charge in [0, 0.05) is 16.9 Å². The summed E-state index contributed by atoms with van der Waals surface area (Å²) in [6, 6.07) is 2.21. The Morgan fingerprint density at radius 3 is 2.92 bits per heavy atom. The molecule has 2 heteroatoms. The van der Waals surface area contributed by atoms with Crippen molar-refractivity contribution in [2.24, 2.45) is 5.73 Å². The van der Waals surface area contributed by atoms with Gasteiger partial charge in [-0.1, -0.05) is 6.58 Å². The predicted molar refractivity (Wildman–Crippen MR) is 56.3 cm³/mol. The molecule has 0 atom stereocenters. The average Bonchev–Trinajstić information content (AvgIpc) is 2.46. The van der Waals surface area contributed by atoms with Gasteiger partial charge in [0.2, 0.25) is 0 Å². The summed E-state index contributed by atoms with van der Waals surface area (Å²) in [7, 11) is 0. The standard InChI is InChI=1S/C10H13NS.H2/c1-7(11)10-6-8-4-2-3-5-9(8)12-10;/h6H,1-5,11H2;1H. The summed E-state index contributed by atoms with van der Waals surface area (Å²) in [5.41, 5.74) is 7.87. The van der Waals surface area contributed by atoms with Gasteiger partial charge in [0.05, 0.1) is 0 Å². The molecule has 12 heavy (non-hydrogen) atoms. The van der Waals surface area contributed by atoms with Crippen LogP contribution in [0.25, 0.3) is 5.70 Å². The minimum atomic E-state index is 0. The van der Waals surface area contributed by atoms with Crippen LogP contribution in [0, 0.1) is 0 Å². The highest BCUT2D eigenvalue weighted by atomic mass is 32.1. The molecule has 0 fully saturated rings. The quantitative estimate of drug-likeness (QED) is 0.708. The number of aryl methyl sites for hydroxylation is 2. The fraction of sp³-hybridized carbons (Fsp3) is 0.400. The van der Waals surface area contributed by atoms with Crippen LogP contribution in [-0.4, -0.2) is 0 Å². The van der Waals surface area contributed by atoms with E-state index in [0.29, 0.717) is 0 Å². The number of thiophene rings is 1. The number of fused-ring (bicyclic) bond motifs is 1. The lowest BCUT2D eigenvalue weighted by atomic mass is 9.99. The second-order valence-corrected chi connectivity index (χ2v) is 4.43. The van der Waals surface area contributed by atoms with E-state index in [0.717, 1.165) is 5.70 Å². The van der Waals surface area contributed by atoms with Crippen molar-refractivity contribution in [2.75, 3.05) is 0 Å². The molecule has 0 amide bonds. The summed E-state index contributed by atoms with van der Waals surface area (Å²) in [6.07, 6.45) is 5.15. The molecule has 0 bridgehead atoms. The van der Waals surface area contributed by atoms with Crippen molar-refractivity contribution in [3.8, 4) is 0 Å². The second kappa shape index (κ2) is 2.94. The smallest absolute Gasteiger partial charge is 0.0499 e. The third-order valence-electron chi connectivity index (χ3n) is 2.31. The minimum Gasteiger partial charge on any atom is -0.398 e. The normalized spacial score (nSPS) is 15.7. The van der Waals surface area contributed by atoms with E-state index in [2.05, 4.69) is 12.6 Å². The van der Waals surface area contributed by atoms with Crippen LogP contribution in [0.15, 0.2) is 12.6 Å². The Hall–Kier alpha value is -0.760. The first-order valence-electron chi connectivity index (χ1n) is 4.33. The van der Waals surface area contributed by atoms with Crippen LogP contribution >= 0.6 is 11.3 Å². The van der Waals surface area contributed by atoms with Crippen LogP contribution in [0.5, 0.6) is 0 Å². The van der Waals surface area contributed by atoms with Crippen LogP contribution in [0.3, 0.4) is 0 Å². The number of nitrogens with two attached hydrogens (primary N) is 1. The van der Waals surface area contributed by atoms with Gasteiger partial charge in [-0.15, -0.1) is 11.3 Å². The molecule has 0 saturated carbocycles. The summed E-state index contributed by atoms with van der Waals surface area (Å²) in [5.74, 6) is 0. The van der Waals surface area contributed by atoms with Gasteiger partial charge in [-0.2, -0.15) is 0 Å². The monoisotopic (exact) mass is 181 g/mol. The van der Waals surface area contributed by atoms with Crippen molar-refractivity contribution < 1.29 is 1.43 Å². The van der Waals surface area contributed by atoms with E-state index in [4.69, 9.17) is 5.73 Å². The van der Waals surface area contributed by atoms with Crippen LogP contribution < -0.4 is 5.73 Å². The van der Waals surface area contributed by atoms with Gasteiger partial charge in [0.15, 0.2) is 0 Å². The van der Waals surface area contributed by atoms with Gasteiger partial charge >= 0.3 is 0 Å². The Kier molecular flexibility index (Phi) is 1.93. The lowest BCUT2D eigenvalue weighted by molar-refractivity contribution is 0.697. The average molecular weight is 181 g/mol. The van der Waals surface area contributed by atoms with Gasteiger partial charge in [-0.25, -0.2) is 0 Å². The van der Waals surface area contributed by atoms with Crippen molar-refractivity contribution in [1.29, 1.82) is 0 Å². The molecule has 2 N–H and O–H groups in total. The third kappa shape index (κ3) is 1.27. The van der Waals surface area contributed by atoms with E-state index in [9.17, 15) is 0 Å². The summed E-state index contributed by atoms with van der Waals surface area (Å²) >= 11 is 1.82. The largest absolute Gasteiger partial charge is 0.398 e. The molecule has 0 aromatic carbocycles. The molecule has 0 spiro atoms. The van der Waals surface area contributed by atoms with Gasteiger partial charge in [0.1, 0.15) is 0 Å². The Labute approximate surface area is 78.4 Å². The number of hydrogen-bond donors (Lipinski definition) is 1. The van der Waals surface area contributed by atoms with Gasteiger partial charge in [-0.05, 0) is 37.3 Å². The maximum absolute atomic E-state index is 5.64. The first kappa shape index (κ1) is 7.87. The highest BCUT2D eigenvalue weighted by Gasteiger charge is 2.13. The van der Waals surface area contributed by atoms with Gasteiger partial charge < -0.3 is 5.73 Å².